The van der Waals surface area contributed by atoms with Crippen LogP contribution in [0.15, 0.2) is 36.4 Å². The molecule has 2 aromatic rings. The van der Waals surface area contributed by atoms with Crippen LogP contribution in [-0.2, 0) is 12.8 Å². The minimum atomic E-state index is -0.672. The van der Waals surface area contributed by atoms with E-state index in [9.17, 15) is 14.4 Å². The van der Waals surface area contributed by atoms with Crippen LogP contribution in [0.2, 0.25) is 0 Å². The third-order valence-electron chi connectivity index (χ3n) is 7.24. The Morgan fingerprint density at radius 2 is 1.16 bits per heavy atom. The number of fused-ring (bicyclic) bond motifs is 2. The summed E-state index contributed by atoms with van der Waals surface area (Å²) in [6.07, 6.45) is 1.36. The van der Waals surface area contributed by atoms with Gasteiger partial charge in [0.05, 0.1) is 11.1 Å². The lowest BCUT2D eigenvalue weighted by Gasteiger charge is -2.31. The minimum Gasteiger partial charge on any atom is -0.297 e. The Labute approximate surface area is 191 Å². The van der Waals surface area contributed by atoms with Crippen molar-refractivity contribution in [2.45, 2.75) is 51.6 Å². The number of hydrogen-bond donors (Lipinski definition) is 0. The van der Waals surface area contributed by atoms with Crippen molar-refractivity contribution in [1.29, 1.82) is 0 Å². The molecule has 0 N–H and O–H groups in total. The molecule has 2 aromatic carbocycles. The molecule has 5 nitrogen and oxygen atoms in total. The zero-order valence-corrected chi connectivity index (χ0v) is 20.5. The van der Waals surface area contributed by atoms with Crippen LogP contribution < -0.4 is 0 Å². The predicted octanol–water partition coefficient (Wildman–Crippen LogP) is 4.06. The molecule has 0 aliphatic heterocycles. The third-order valence-corrected chi connectivity index (χ3v) is 7.24. The summed E-state index contributed by atoms with van der Waals surface area (Å²) in [4.78, 5) is 43.4. The normalized spacial score (nSPS) is 14.2. The van der Waals surface area contributed by atoms with Crippen molar-refractivity contribution < 1.29 is 14.4 Å². The first kappa shape index (κ1) is 24.0. The van der Waals surface area contributed by atoms with Crippen molar-refractivity contribution in [2.24, 2.45) is 0 Å². The van der Waals surface area contributed by atoms with Crippen molar-refractivity contribution in [3.8, 4) is 0 Å². The Kier molecular flexibility index (Phi) is 6.29. The van der Waals surface area contributed by atoms with Gasteiger partial charge in [0.1, 0.15) is 0 Å². The van der Waals surface area contributed by atoms with Crippen LogP contribution in [0.25, 0.3) is 0 Å². The monoisotopic (exact) mass is 434 g/mol. The molecule has 0 atom stereocenters. The van der Waals surface area contributed by atoms with Gasteiger partial charge < -0.3 is 0 Å². The van der Waals surface area contributed by atoms with Gasteiger partial charge in [-0.2, -0.15) is 0 Å². The molecule has 0 fully saturated rings. The molecule has 0 radical (unpaired) electrons. The lowest BCUT2D eigenvalue weighted by atomic mass is 9.88. The van der Waals surface area contributed by atoms with E-state index in [0.717, 1.165) is 11.1 Å². The van der Waals surface area contributed by atoms with Crippen LogP contribution in [0.3, 0.4) is 0 Å². The maximum absolute atomic E-state index is 13.5. The highest BCUT2D eigenvalue weighted by atomic mass is 16.1. The van der Waals surface area contributed by atoms with Gasteiger partial charge in [0.15, 0.2) is 17.3 Å². The fourth-order valence-electron chi connectivity index (χ4n) is 3.84. The van der Waals surface area contributed by atoms with E-state index in [0.29, 0.717) is 35.1 Å². The maximum atomic E-state index is 13.5. The van der Waals surface area contributed by atoms with E-state index in [1.807, 2.05) is 83.9 Å². The Morgan fingerprint density at radius 3 is 1.69 bits per heavy atom. The van der Waals surface area contributed by atoms with E-state index in [4.69, 9.17) is 0 Å². The Morgan fingerprint density at radius 1 is 0.688 bits per heavy atom. The predicted molar refractivity (Wildman–Crippen MR) is 128 cm³/mol. The van der Waals surface area contributed by atoms with Gasteiger partial charge in [0.25, 0.3) is 0 Å². The smallest absolute Gasteiger partial charge is 0.193 e. The number of rotatable bonds is 6. The summed E-state index contributed by atoms with van der Waals surface area (Å²) in [5, 5.41) is 0. The molecule has 32 heavy (non-hydrogen) atoms. The minimum absolute atomic E-state index is 0.0190. The van der Waals surface area contributed by atoms with E-state index in [2.05, 4.69) is 0 Å². The summed E-state index contributed by atoms with van der Waals surface area (Å²) >= 11 is 0. The Bertz CT molecular complexity index is 1090. The number of likely N-dealkylation sites (N-methyl/N-ethyl adjacent to an activating group) is 2. The van der Waals surface area contributed by atoms with Crippen molar-refractivity contribution in [3.05, 3.63) is 69.8 Å². The molecule has 1 aliphatic carbocycles. The molecule has 5 heteroatoms. The summed E-state index contributed by atoms with van der Waals surface area (Å²) in [5.41, 5.74) is 2.86. The molecular formula is C27H34N2O3. The summed E-state index contributed by atoms with van der Waals surface area (Å²) < 4.78 is 0. The maximum Gasteiger partial charge on any atom is 0.193 e. The van der Waals surface area contributed by atoms with Gasteiger partial charge in [-0.15, -0.1) is 0 Å². The third kappa shape index (κ3) is 4.07. The molecule has 0 saturated heterocycles. The molecule has 0 heterocycles. The number of Topliss-reactive ketones (excluding diaryl/α,β-unsaturated/α-hetero) is 2. The summed E-state index contributed by atoms with van der Waals surface area (Å²) in [6.45, 7) is 7.56. The molecule has 3 rings (SSSR count). The number of ketones is 3. The number of aryl methyl sites for hydroxylation is 2. The van der Waals surface area contributed by atoms with Crippen LogP contribution in [0.1, 0.15) is 75.5 Å². The van der Waals surface area contributed by atoms with E-state index < -0.39 is 11.1 Å². The Balaban J connectivity index is 2.01. The average molecular weight is 435 g/mol. The Hall–Kier alpha value is -2.63. The van der Waals surface area contributed by atoms with Gasteiger partial charge in [0, 0.05) is 22.3 Å². The fourth-order valence-corrected chi connectivity index (χ4v) is 3.84. The largest absolute Gasteiger partial charge is 0.297 e. The summed E-state index contributed by atoms with van der Waals surface area (Å²) in [5.74, 6) is -0.0802. The molecule has 0 amide bonds. The topological polar surface area (TPSA) is 57.7 Å². The van der Waals surface area contributed by atoms with Crippen molar-refractivity contribution in [2.75, 3.05) is 28.2 Å². The van der Waals surface area contributed by atoms with Crippen LogP contribution in [0.5, 0.6) is 0 Å². The van der Waals surface area contributed by atoms with Crippen molar-refractivity contribution in [1.82, 2.24) is 9.80 Å². The van der Waals surface area contributed by atoms with E-state index in [1.165, 1.54) is 0 Å². The van der Waals surface area contributed by atoms with Crippen LogP contribution in [-0.4, -0.2) is 66.4 Å². The van der Waals surface area contributed by atoms with Crippen molar-refractivity contribution in [3.63, 3.8) is 0 Å². The second kappa shape index (κ2) is 8.38. The number of hydrogen-bond acceptors (Lipinski definition) is 5. The second-order valence-electron chi connectivity index (χ2n) is 10.1. The molecule has 0 aromatic heterocycles. The molecule has 0 unspecified atom stereocenters. The molecule has 0 bridgehead atoms. The standard InChI is InChI=1S/C27H34N2O3/c1-26(2,28(5)6)24(31)19-13-14-21-18(15-19)11-9-17-10-12-20(16-22(17)23(21)30)25(32)27(3,4)29(7)8/h10,12-16H,9,11H2,1-8H3. The van der Waals surface area contributed by atoms with Gasteiger partial charge in [0.2, 0.25) is 0 Å². The number of nitrogens with zero attached hydrogens (tertiary/aromatic N) is 2. The van der Waals surface area contributed by atoms with Gasteiger partial charge in [-0.1, -0.05) is 24.3 Å². The first-order valence-electron chi connectivity index (χ1n) is 11.0. The molecule has 170 valence electrons. The average Bonchev–Trinajstić information content (AvgIpc) is 2.88. The van der Waals surface area contributed by atoms with Gasteiger partial charge in [-0.25, -0.2) is 0 Å². The van der Waals surface area contributed by atoms with Crippen LogP contribution in [0.4, 0.5) is 0 Å². The fraction of sp³-hybridized carbons (Fsp3) is 0.444. The highest BCUT2D eigenvalue weighted by molar-refractivity contribution is 6.14. The van der Waals surface area contributed by atoms with E-state index in [-0.39, 0.29) is 17.3 Å². The lowest BCUT2D eigenvalue weighted by Crippen LogP contribution is -2.45. The van der Waals surface area contributed by atoms with Crippen LogP contribution >= 0.6 is 0 Å². The second-order valence-corrected chi connectivity index (χ2v) is 10.1. The van der Waals surface area contributed by atoms with E-state index >= 15 is 0 Å². The lowest BCUT2D eigenvalue weighted by molar-refractivity contribution is 0.0749. The zero-order chi connectivity index (χ0) is 24.0. The first-order valence-corrected chi connectivity index (χ1v) is 11.0. The quantitative estimate of drug-likeness (QED) is 0.642. The number of benzene rings is 2. The number of carbonyl (C=O) groups excluding carboxylic acids is 3. The van der Waals surface area contributed by atoms with Crippen molar-refractivity contribution >= 4 is 17.3 Å². The first-order chi connectivity index (χ1) is 14.8. The zero-order valence-electron chi connectivity index (χ0n) is 20.5. The van der Waals surface area contributed by atoms with E-state index in [1.54, 1.807) is 18.2 Å². The van der Waals surface area contributed by atoms with Gasteiger partial charge in [-0.05, 0) is 92.0 Å². The molecule has 0 saturated carbocycles. The highest BCUT2D eigenvalue weighted by Crippen LogP contribution is 2.29. The highest BCUT2D eigenvalue weighted by Gasteiger charge is 2.33. The van der Waals surface area contributed by atoms with Gasteiger partial charge >= 0.3 is 0 Å². The molecular weight excluding hydrogens is 400 g/mol. The SMILES string of the molecule is CN(C)C(C)(C)C(=O)c1ccc2c(c1)CCc1ccc(C(=O)C(C)(C)N(C)C)cc1C2=O. The molecule has 0 spiro atoms. The number of carbonyl (C=O) groups is 3. The van der Waals surface area contributed by atoms with Gasteiger partial charge in [-0.3, -0.25) is 24.2 Å². The summed E-state index contributed by atoms with van der Waals surface area (Å²) in [6, 6.07) is 10.9. The summed E-state index contributed by atoms with van der Waals surface area (Å²) in [7, 11) is 7.52. The molecule has 1 aliphatic rings. The van der Waals surface area contributed by atoms with Crippen LogP contribution in [0, 0.1) is 0 Å².